The van der Waals surface area contributed by atoms with Crippen LogP contribution in [0.1, 0.15) is 30.0 Å². The average Bonchev–Trinajstić information content (AvgIpc) is 2.27. The molecule has 1 aromatic rings. The summed E-state index contributed by atoms with van der Waals surface area (Å²) in [4.78, 5) is 4.46. The van der Waals surface area contributed by atoms with Gasteiger partial charge in [0.25, 0.3) is 0 Å². The summed E-state index contributed by atoms with van der Waals surface area (Å²) in [7, 11) is 0. The van der Waals surface area contributed by atoms with Crippen molar-refractivity contribution in [2.45, 2.75) is 26.2 Å². The van der Waals surface area contributed by atoms with Crippen molar-refractivity contribution in [3.63, 3.8) is 0 Å². The van der Waals surface area contributed by atoms with E-state index >= 15 is 0 Å². The van der Waals surface area contributed by atoms with Crippen LogP contribution in [0, 0.1) is 0 Å². The molecule has 1 aliphatic rings. The first kappa shape index (κ1) is 10.4. The van der Waals surface area contributed by atoms with Crippen molar-refractivity contribution >= 4 is 5.71 Å². The Morgan fingerprint density at radius 2 is 2.27 bits per heavy atom. The van der Waals surface area contributed by atoms with Gasteiger partial charge in [0, 0.05) is 18.9 Å². The average molecular weight is 203 g/mol. The first-order valence-corrected chi connectivity index (χ1v) is 5.56. The second-order valence-electron chi connectivity index (χ2n) is 3.99. The lowest BCUT2D eigenvalue weighted by molar-refractivity contribution is 0.288. The first-order chi connectivity index (χ1) is 7.33. The van der Waals surface area contributed by atoms with Gasteiger partial charge in [0.1, 0.15) is 0 Å². The number of hydrogen-bond donors (Lipinski definition) is 1. The van der Waals surface area contributed by atoms with Crippen LogP contribution in [0.15, 0.2) is 23.2 Å². The Balaban J connectivity index is 2.33. The van der Waals surface area contributed by atoms with Gasteiger partial charge in [-0.25, -0.2) is 0 Å². The van der Waals surface area contributed by atoms with Crippen molar-refractivity contribution in [3.8, 4) is 0 Å². The third-order valence-corrected chi connectivity index (χ3v) is 2.98. The highest BCUT2D eigenvalue weighted by molar-refractivity contribution is 6.01. The molecule has 0 fully saturated rings. The summed E-state index contributed by atoms with van der Waals surface area (Å²) < 4.78 is 0. The van der Waals surface area contributed by atoms with E-state index in [0.29, 0.717) is 0 Å². The van der Waals surface area contributed by atoms with Crippen LogP contribution in [0.2, 0.25) is 0 Å². The lowest BCUT2D eigenvalue weighted by Crippen LogP contribution is -2.12. The van der Waals surface area contributed by atoms with Crippen LogP contribution < -0.4 is 0 Å². The van der Waals surface area contributed by atoms with E-state index in [9.17, 15) is 0 Å². The van der Waals surface area contributed by atoms with Gasteiger partial charge in [-0.1, -0.05) is 18.2 Å². The maximum absolute atomic E-state index is 8.86. The van der Waals surface area contributed by atoms with Gasteiger partial charge in [-0.05, 0) is 42.9 Å². The number of aliphatic hydroxyl groups is 1. The van der Waals surface area contributed by atoms with E-state index in [1.807, 2.05) is 0 Å². The van der Waals surface area contributed by atoms with Crippen molar-refractivity contribution in [1.29, 1.82) is 0 Å². The van der Waals surface area contributed by atoms with Gasteiger partial charge in [-0.3, -0.25) is 4.99 Å². The Morgan fingerprint density at radius 3 is 3.07 bits per heavy atom. The van der Waals surface area contributed by atoms with Crippen LogP contribution in [0.3, 0.4) is 0 Å². The molecule has 0 amide bonds. The number of hydrogen-bond acceptors (Lipinski definition) is 2. The minimum Gasteiger partial charge on any atom is -0.396 e. The van der Waals surface area contributed by atoms with Crippen molar-refractivity contribution in [1.82, 2.24) is 0 Å². The molecule has 2 nitrogen and oxygen atoms in total. The highest BCUT2D eigenvalue weighted by Gasteiger charge is 2.13. The summed E-state index contributed by atoms with van der Waals surface area (Å²) >= 11 is 0. The molecule has 0 saturated carbocycles. The van der Waals surface area contributed by atoms with Crippen molar-refractivity contribution in [3.05, 3.63) is 34.9 Å². The fourth-order valence-electron chi connectivity index (χ4n) is 2.19. The predicted octanol–water partition coefficient (Wildman–Crippen LogP) is 1.98. The summed E-state index contributed by atoms with van der Waals surface area (Å²) in [6.45, 7) is 3.26. The lowest BCUT2D eigenvalue weighted by Gasteiger charge is -2.18. The van der Waals surface area contributed by atoms with Crippen LogP contribution in [0.25, 0.3) is 0 Å². The van der Waals surface area contributed by atoms with Crippen molar-refractivity contribution < 1.29 is 5.11 Å². The SMILES string of the molecule is CC1=NCCc2c(CCCO)cccc21. The number of rotatable bonds is 3. The third kappa shape index (κ3) is 2.10. The quantitative estimate of drug-likeness (QED) is 0.800. The number of aliphatic hydroxyl groups excluding tert-OH is 1. The Labute approximate surface area is 90.7 Å². The maximum atomic E-state index is 8.86. The Hall–Kier alpha value is -1.15. The second kappa shape index (κ2) is 4.58. The lowest BCUT2D eigenvalue weighted by atomic mass is 9.91. The van der Waals surface area contributed by atoms with Gasteiger partial charge in [0.2, 0.25) is 0 Å². The molecular formula is C13H17NO. The van der Waals surface area contributed by atoms with Crippen LogP contribution in [-0.4, -0.2) is 24.0 Å². The summed E-state index contributed by atoms with van der Waals surface area (Å²) in [6.07, 6.45) is 2.88. The minimum absolute atomic E-state index is 0.275. The molecule has 2 rings (SSSR count). The summed E-state index contributed by atoms with van der Waals surface area (Å²) in [6, 6.07) is 6.42. The molecule has 0 bridgehead atoms. The molecule has 2 heteroatoms. The number of aryl methyl sites for hydroxylation is 1. The third-order valence-electron chi connectivity index (χ3n) is 2.98. The van der Waals surface area contributed by atoms with E-state index in [1.54, 1.807) is 0 Å². The maximum Gasteiger partial charge on any atom is 0.0434 e. The molecule has 0 aromatic heterocycles. The van der Waals surface area contributed by atoms with E-state index in [1.165, 1.54) is 16.7 Å². The van der Waals surface area contributed by atoms with Gasteiger partial charge in [0.15, 0.2) is 0 Å². The van der Waals surface area contributed by atoms with Crippen molar-refractivity contribution in [2.24, 2.45) is 4.99 Å². The predicted molar refractivity (Wildman–Crippen MR) is 62.6 cm³/mol. The second-order valence-corrected chi connectivity index (χ2v) is 3.99. The van der Waals surface area contributed by atoms with Gasteiger partial charge in [-0.2, -0.15) is 0 Å². The highest BCUT2D eigenvalue weighted by Crippen LogP contribution is 2.21. The van der Waals surface area contributed by atoms with Gasteiger partial charge < -0.3 is 5.11 Å². The van der Waals surface area contributed by atoms with Gasteiger partial charge in [-0.15, -0.1) is 0 Å². The van der Waals surface area contributed by atoms with Crippen LogP contribution in [0.4, 0.5) is 0 Å². The van der Waals surface area contributed by atoms with E-state index in [-0.39, 0.29) is 6.61 Å². The molecule has 15 heavy (non-hydrogen) atoms. The first-order valence-electron chi connectivity index (χ1n) is 5.56. The van der Waals surface area contributed by atoms with Crippen LogP contribution in [0.5, 0.6) is 0 Å². The standard InChI is InChI=1S/C13H17NO/c1-10-12-6-2-4-11(5-3-9-15)13(12)7-8-14-10/h2,4,6,15H,3,5,7-9H2,1H3. The van der Waals surface area contributed by atoms with E-state index in [0.717, 1.165) is 31.5 Å². The zero-order chi connectivity index (χ0) is 10.7. The number of aliphatic imine (C=N–C) groups is 1. The zero-order valence-electron chi connectivity index (χ0n) is 9.16. The molecular weight excluding hydrogens is 186 g/mol. The number of benzene rings is 1. The van der Waals surface area contributed by atoms with Crippen LogP contribution in [-0.2, 0) is 12.8 Å². The summed E-state index contributed by atoms with van der Waals surface area (Å²) in [5, 5.41) is 8.86. The minimum atomic E-state index is 0.275. The molecule has 0 aliphatic carbocycles. The molecule has 0 unspecified atom stereocenters. The monoisotopic (exact) mass is 203 g/mol. The van der Waals surface area contributed by atoms with E-state index in [2.05, 4.69) is 30.1 Å². The van der Waals surface area contributed by atoms with E-state index in [4.69, 9.17) is 5.11 Å². The molecule has 0 spiro atoms. The normalized spacial score (nSPS) is 14.7. The van der Waals surface area contributed by atoms with Gasteiger partial charge >= 0.3 is 0 Å². The molecule has 0 radical (unpaired) electrons. The number of nitrogens with zero attached hydrogens (tertiary/aromatic N) is 1. The molecule has 1 aromatic carbocycles. The van der Waals surface area contributed by atoms with Crippen LogP contribution >= 0.6 is 0 Å². The molecule has 0 saturated heterocycles. The molecule has 1 aliphatic heterocycles. The molecule has 0 atom stereocenters. The van der Waals surface area contributed by atoms with Crippen molar-refractivity contribution in [2.75, 3.05) is 13.2 Å². The Morgan fingerprint density at radius 1 is 1.40 bits per heavy atom. The fourth-order valence-corrected chi connectivity index (χ4v) is 2.19. The molecule has 80 valence electrons. The largest absolute Gasteiger partial charge is 0.396 e. The van der Waals surface area contributed by atoms with Gasteiger partial charge in [0.05, 0.1) is 0 Å². The fraction of sp³-hybridized carbons (Fsp3) is 0.462. The topological polar surface area (TPSA) is 32.6 Å². The highest BCUT2D eigenvalue weighted by atomic mass is 16.2. The van der Waals surface area contributed by atoms with E-state index < -0.39 is 0 Å². The molecule has 1 heterocycles. The Bertz CT molecular complexity index is 382. The molecule has 1 N–H and O–H groups in total. The smallest absolute Gasteiger partial charge is 0.0434 e. The summed E-state index contributed by atoms with van der Waals surface area (Å²) in [5.74, 6) is 0. The Kier molecular flexibility index (Phi) is 3.17. The zero-order valence-corrected chi connectivity index (χ0v) is 9.16. The summed E-state index contributed by atoms with van der Waals surface area (Å²) in [5.41, 5.74) is 5.29. The number of fused-ring (bicyclic) bond motifs is 1.